The minimum Gasteiger partial charge on any atom is -0.395 e. The van der Waals surface area contributed by atoms with Gasteiger partial charge in [0.05, 0.1) is 141 Å². The van der Waals surface area contributed by atoms with Crippen molar-refractivity contribution in [3.05, 3.63) is 43.7 Å². The van der Waals surface area contributed by atoms with Crippen LogP contribution in [0.25, 0.3) is 0 Å². The van der Waals surface area contributed by atoms with Crippen LogP contribution in [0.1, 0.15) is 42.9 Å². The fourth-order valence-electron chi connectivity index (χ4n) is 5.37. The molecule has 0 aliphatic carbocycles. The van der Waals surface area contributed by atoms with Crippen molar-refractivity contribution >= 4 is 177 Å². The lowest BCUT2D eigenvalue weighted by Gasteiger charge is -2.32. The smallest absolute Gasteiger partial charge is 0.253 e. The molecule has 0 aliphatic heterocycles. The standard InChI is InChI=1S/C34H44I6N6O16/c35-23-19(31(59)41-13(3-47)4-48)25(37)29(26(38)20(23)32(60)42-14(5-49)6-50)45(11-55)1-17(57)18(58)2-46(12-56)30-27(39)21(33(61)43-15(7-51)8-52)24(36)22(28(30)40)34(62)44-16(9-53)10-54/h11-18,31,41,47-54,57-59H,1-10H2,(H,42,60)(H,43,61)(H,44,62). The molecule has 62 heavy (non-hydrogen) atoms. The van der Waals surface area contributed by atoms with E-state index in [-0.39, 0.29) is 67.9 Å². The molecule has 3 atom stereocenters. The van der Waals surface area contributed by atoms with Gasteiger partial charge >= 0.3 is 0 Å². The highest BCUT2D eigenvalue weighted by atomic mass is 127. The number of aliphatic hydroxyl groups excluding tert-OH is 11. The molecule has 0 fully saturated rings. The Balaban J connectivity index is 2.76. The fraction of sp³-hybridized carbons (Fsp3) is 0.500. The summed E-state index contributed by atoms with van der Waals surface area (Å²) in [4.78, 5) is 68.3. The summed E-state index contributed by atoms with van der Waals surface area (Å²) >= 11 is 10.4. The van der Waals surface area contributed by atoms with Crippen molar-refractivity contribution in [2.75, 3.05) is 75.7 Å². The van der Waals surface area contributed by atoms with E-state index in [9.17, 15) is 80.1 Å². The highest BCUT2D eigenvalue weighted by Gasteiger charge is 2.35. The van der Waals surface area contributed by atoms with Gasteiger partial charge in [0.1, 0.15) is 6.23 Å². The zero-order valence-electron chi connectivity index (χ0n) is 31.9. The number of hydrogen-bond donors (Lipinski definition) is 15. The molecule has 0 saturated carbocycles. The van der Waals surface area contributed by atoms with Gasteiger partial charge in [-0.3, -0.25) is 29.3 Å². The average Bonchev–Trinajstić information content (AvgIpc) is 3.24. The van der Waals surface area contributed by atoms with Crippen molar-refractivity contribution in [1.82, 2.24) is 21.3 Å². The molecule has 0 saturated heterocycles. The number of rotatable bonds is 26. The number of aliphatic hydroxyl groups is 11. The van der Waals surface area contributed by atoms with E-state index in [1.165, 1.54) is 0 Å². The Bertz CT molecular complexity index is 1840. The lowest BCUT2D eigenvalue weighted by Crippen LogP contribution is -2.46. The lowest BCUT2D eigenvalue weighted by atomic mass is 10.0. The van der Waals surface area contributed by atoms with E-state index in [2.05, 4.69) is 21.3 Å². The summed E-state index contributed by atoms with van der Waals surface area (Å²) in [5, 5.41) is 121. The molecule has 0 heterocycles. The van der Waals surface area contributed by atoms with E-state index in [0.29, 0.717) is 0 Å². The van der Waals surface area contributed by atoms with Crippen LogP contribution in [0.5, 0.6) is 0 Å². The van der Waals surface area contributed by atoms with Crippen molar-refractivity contribution in [2.45, 2.75) is 42.6 Å². The average molecular weight is 1550 g/mol. The second kappa shape index (κ2) is 28.1. The van der Waals surface area contributed by atoms with Gasteiger partial charge in [-0.25, -0.2) is 0 Å². The highest BCUT2D eigenvalue weighted by molar-refractivity contribution is 14.1. The number of benzene rings is 2. The van der Waals surface area contributed by atoms with Gasteiger partial charge in [0.2, 0.25) is 12.8 Å². The zero-order chi connectivity index (χ0) is 47.2. The number of nitrogens with zero attached hydrogens (tertiary/aromatic N) is 2. The predicted octanol–water partition coefficient (Wildman–Crippen LogP) is -3.16. The number of amides is 5. The third kappa shape index (κ3) is 14.4. The number of hydrogen-bond acceptors (Lipinski definition) is 17. The second-order valence-corrected chi connectivity index (χ2v) is 19.5. The molecule has 22 nitrogen and oxygen atoms in total. The van der Waals surface area contributed by atoms with Gasteiger partial charge in [-0.1, -0.05) is 0 Å². The Morgan fingerprint density at radius 2 is 0.758 bits per heavy atom. The maximum absolute atomic E-state index is 13.6. The molecule has 0 radical (unpaired) electrons. The summed E-state index contributed by atoms with van der Waals surface area (Å²) in [7, 11) is 0. The van der Waals surface area contributed by atoms with Crippen LogP contribution in [0.15, 0.2) is 0 Å². The van der Waals surface area contributed by atoms with Gasteiger partial charge in [0.25, 0.3) is 17.7 Å². The Morgan fingerprint density at radius 1 is 0.468 bits per heavy atom. The summed E-state index contributed by atoms with van der Waals surface area (Å²) < 4.78 is 0.481. The first-order chi connectivity index (χ1) is 29.3. The molecule has 0 aromatic heterocycles. The molecule has 2 rings (SSSR count). The third-order valence-electron chi connectivity index (χ3n) is 8.78. The van der Waals surface area contributed by atoms with Crippen LogP contribution in [-0.4, -0.2) is 189 Å². The van der Waals surface area contributed by atoms with Gasteiger partial charge in [-0.05, 0) is 136 Å². The van der Waals surface area contributed by atoms with Crippen molar-refractivity contribution in [3.8, 4) is 0 Å². The van der Waals surface area contributed by atoms with Crippen LogP contribution in [0.3, 0.4) is 0 Å². The quantitative estimate of drug-likeness (QED) is 0.0251. The van der Waals surface area contributed by atoms with Gasteiger partial charge in [-0.15, -0.1) is 0 Å². The summed E-state index contributed by atoms with van der Waals surface area (Å²) in [5.74, 6) is -2.61. The summed E-state index contributed by atoms with van der Waals surface area (Å²) in [6, 6.07) is -4.39. The first kappa shape index (κ1) is 57.8. The number of nitrogens with one attached hydrogen (secondary N) is 4. The van der Waals surface area contributed by atoms with Crippen LogP contribution in [0, 0.1) is 21.4 Å². The maximum atomic E-state index is 13.6. The zero-order valence-corrected chi connectivity index (χ0v) is 44.8. The minimum atomic E-state index is -1.89. The number of carbonyl (C=O) groups is 5. The number of carbonyl (C=O) groups excluding carboxylic acids is 5. The molecular weight excluding hydrogens is 1510 g/mol. The maximum Gasteiger partial charge on any atom is 0.253 e. The third-order valence-corrected chi connectivity index (χ3v) is 15.2. The SMILES string of the molecule is O=CN(CC(O)C(O)CN(C=O)c1c(I)c(C(=O)NC(CO)CO)c(I)c(C(O)NC(CO)CO)c1I)c1c(I)c(C(=O)NC(CO)CO)c(I)c(C(=O)NC(CO)CO)c1I. The van der Waals surface area contributed by atoms with Gasteiger partial charge in [0.15, 0.2) is 0 Å². The Labute approximate surface area is 435 Å². The molecule has 2 aromatic carbocycles. The van der Waals surface area contributed by atoms with Crippen LogP contribution >= 0.6 is 136 Å². The van der Waals surface area contributed by atoms with Crippen LogP contribution in [0.2, 0.25) is 0 Å². The topological polar surface area (TPSA) is 362 Å². The first-order valence-corrected chi connectivity index (χ1v) is 24.2. The summed E-state index contributed by atoms with van der Waals surface area (Å²) in [6.45, 7) is -6.58. The predicted molar refractivity (Wildman–Crippen MR) is 270 cm³/mol. The van der Waals surface area contributed by atoms with Crippen LogP contribution in [0.4, 0.5) is 11.4 Å². The van der Waals surface area contributed by atoms with Crippen molar-refractivity contribution in [2.24, 2.45) is 0 Å². The molecule has 0 bridgehead atoms. The van der Waals surface area contributed by atoms with Crippen molar-refractivity contribution in [1.29, 1.82) is 0 Å². The van der Waals surface area contributed by atoms with Gasteiger partial charge in [0, 0.05) is 16.3 Å². The Hall–Kier alpha value is -0.310. The summed E-state index contributed by atoms with van der Waals surface area (Å²) in [6.07, 6.45) is -4.94. The van der Waals surface area contributed by atoms with E-state index in [1.807, 2.05) is 0 Å². The van der Waals surface area contributed by atoms with E-state index in [1.54, 1.807) is 136 Å². The second-order valence-electron chi connectivity index (χ2n) is 13.0. The normalized spacial score (nSPS) is 13.0. The molecular formula is C34H44I6N6O16. The lowest BCUT2D eigenvalue weighted by molar-refractivity contribution is -0.109. The van der Waals surface area contributed by atoms with E-state index in [4.69, 9.17) is 0 Å². The molecule has 2 aromatic rings. The van der Waals surface area contributed by atoms with Crippen molar-refractivity contribution in [3.63, 3.8) is 0 Å². The molecule has 5 amide bonds. The molecule has 0 spiro atoms. The highest BCUT2D eigenvalue weighted by Crippen LogP contribution is 2.41. The molecule has 348 valence electrons. The van der Waals surface area contributed by atoms with E-state index >= 15 is 0 Å². The number of anilines is 2. The van der Waals surface area contributed by atoms with Crippen LogP contribution in [-0.2, 0) is 9.59 Å². The Kier molecular flexibility index (Phi) is 26.2. The number of halogens is 6. The molecule has 0 aliphatic rings. The molecule has 28 heteroatoms. The monoisotopic (exact) mass is 1550 g/mol. The van der Waals surface area contributed by atoms with Gasteiger partial charge in [-0.2, -0.15) is 0 Å². The molecule has 15 N–H and O–H groups in total. The van der Waals surface area contributed by atoms with Gasteiger partial charge < -0.3 is 81.9 Å². The van der Waals surface area contributed by atoms with Crippen molar-refractivity contribution < 1.29 is 80.1 Å². The molecule has 3 unspecified atom stereocenters. The minimum absolute atomic E-state index is 0.00614. The summed E-state index contributed by atoms with van der Waals surface area (Å²) in [5.41, 5.74) is -0.702. The van der Waals surface area contributed by atoms with E-state index < -0.39 is 126 Å². The van der Waals surface area contributed by atoms with E-state index in [0.717, 1.165) is 9.80 Å². The Morgan fingerprint density at radius 3 is 1.05 bits per heavy atom. The largest absolute Gasteiger partial charge is 0.395 e. The first-order valence-electron chi connectivity index (χ1n) is 17.8. The fourth-order valence-corrected chi connectivity index (χ4v) is 15.0. The van der Waals surface area contributed by atoms with Crippen LogP contribution < -0.4 is 31.1 Å².